The number of benzene rings is 4. The molecular weight excluding hydrogens is 612 g/mol. The van der Waals surface area contributed by atoms with Crippen LogP contribution in [-0.2, 0) is 0 Å². The van der Waals surface area contributed by atoms with Crippen LogP contribution in [0.15, 0.2) is 93.2 Å². The normalized spacial score (nSPS) is 12.3. The molecule has 0 saturated heterocycles. The average molecular weight is 646 g/mol. The Bertz CT molecular complexity index is 1780. The molecule has 3 aromatic carbocycles. The number of halogens is 6. The topological polar surface area (TPSA) is 49.6 Å². The Kier molecular flexibility index (Phi) is 10.7. The Morgan fingerprint density at radius 2 is 1.44 bits per heavy atom. The molecule has 238 valence electrons. The van der Waals surface area contributed by atoms with Crippen LogP contribution in [0.3, 0.4) is 0 Å². The lowest BCUT2D eigenvalue weighted by molar-refractivity contribution is -0.118. The SMILES string of the molecule is CCC.Cc1ccc(SNc2ccc(C)cc2-c2c3ccc(=NCC(F)(F)F)cc-3oc3cc(NCC(F)(F)F)ccc23)cc1. The van der Waals surface area contributed by atoms with Gasteiger partial charge in [0.05, 0.1) is 11.0 Å². The van der Waals surface area contributed by atoms with Crippen LogP contribution in [-0.4, -0.2) is 25.4 Å². The standard InChI is InChI=1S/C31H25F6N3OS.C3H8/c1-18-3-8-22(9-4-18)42-40-26-12-5-19(2)13-25(26)29-23-10-6-20(38-16-30(32,33)34)14-27(23)41-28-15-21(7-11-24(28)29)39-17-31(35,36)37;1-3-2/h3-15,38,40H,16-17H2,1-2H3;3H2,1-2H3. The molecule has 2 aliphatic rings. The summed E-state index contributed by atoms with van der Waals surface area (Å²) in [6.07, 6.45) is -7.65. The summed E-state index contributed by atoms with van der Waals surface area (Å²) in [7, 11) is 0. The van der Waals surface area contributed by atoms with E-state index in [4.69, 9.17) is 4.42 Å². The van der Waals surface area contributed by atoms with Gasteiger partial charge in [0.1, 0.15) is 24.4 Å². The minimum atomic E-state index is -4.48. The number of fused-ring (bicyclic) bond motifs is 2. The highest BCUT2D eigenvalue weighted by molar-refractivity contribution is 8.00. The number of rotatable bonds is 7. The van der Waals surface area contributed by atoms with Crippen molar-refractivity contribution in [3.8, 4) is 22.5 Å². The van der Waals surface area contributed by atoms with Crippen LogP contribution in [0.1, 0.15) is 31.4 Å². The number of aryl methyl sites for hydroxylation is 2. The van der Waals surface area contributed by atoms with E-state index >= 15 is 0 Å². The van der Waals surface area contributed by atoms with Gasteiger partial charge in [0.2, 0.25) is 0 Å². The monoisotopic (exact) mass is 645 g/mol. The number of hydrogen-bond donors (Lipinski definition) is 2. The molecule has 11 heteroatoms. The molecule has 1 heterocycles. The summed E-state index contributed by atoms with van der Waals surface area (Å²) in [5, 5.41) is 3.04. The zero-order chi connectivity index (χ0) is 32.8. The quantitative estimate of drug-likeness (QED) is 0.105. The van der Waals surface area contributed by atoms with Gasteiger partial charge in [0.25, 0.3) is 0 Å². The van der Waals surface area contributed by atoms with Gasteiger partial charge in [-0.25, -0.2) is 0 Å². The van der Waals surface area contributed by atoms with Crippen LogP contribution in [0.5, 0.6) is 0 Å². The van der Waals surface area contributed by atoms with E-state index in [1.165, 1.54) is 42.6 Å². The maximum absolute atomic E-state index is 12.9. The molecule has 0 radical (unpaired) electrons. The minimum Gasteiger partial charge on any atom is -0.456 e. The fraction of sp³-hybridized carbons (Fsp3) is 0.265. The molecule has 45 heavy (non-hydrogen) atoms. The van der Waals surface area contributed by atoms with E-state index in [9.17, 15) is 26.3 Å². The number of anilines is 2. The van der Waals surface area contributed by atoms with Crippen molar-refractivity contribution in [3.63, 3.8) is 0 Å². The number of hydrogen-bond acceptors (Lipinski definition) is 5. The fourth-order valence-corrected chi connectivity index (χ4v) is 5.11. The third-order valence-electron chi connectivity index (χ3n) is 6.38. The Balaban J connectivity index is 0.00000148. The van der Waals surface area contributed by atoms with Crippen LogP contribution in [0.2, 0.25) is 0 Å². The van der Waals surface area contributed by atoms with E-state index in [1.807, 2.05) is 56.3 Å². The van der Waals surface area contributed by atoms with Gasteiger partial charge in [-0.1, -0.05) is 49.6 Å². The Hall–Kier alpha value is -4.12. The zero-order valence-electron chi connectivity index (χ0n) is 25.2. The van der Waals surface area contributed by atoms with E-state index in [0.717, 1.165) is 27.3 Å². The van der Waals surface area contributed by atoms with Gasteiger partial charge in [-0.3, -0.25) is 4.99 Å². The Labute approximate surface area is 262 Å². The van der Waals surface area contributed by atoms with Crippen LogP contribution in [0, 0.1) is 13.8 Å². The van der Waals surface area contributed by atoms with Gasteiger partial charge < -0.3 is 14.5 Å². The maximum atomic E-state index is 12.9. The predicted octanol–water partition coefficient (Wildman–Crippen LogP) is 10.8. The van der Waals surface area contributed by atoms with Crippen molar-refractivity contribution in [3.05, 3.63) is 95.3 Å². The first-order valence-corrected chi connectivity index (χ1v) is 15.1. The molecule has 4 nitrogen and oxygen atoms in total. The highest BCUT2D eigenvalue weighted by Crippen LogP contribution is 2.44. The van der Waals surface area contributed by atoms with E-state index in [1.54, 1.807) is 12.1 Å². The van der Waals surface area contributed by atoms with Crippen LogP contribution in [0.25, 0.3) is 33.4 Å². The molecule has 3 aromatic rings. The van der Waals surface area contributed by atoms with Crippen molar-refractivity contribution >= 4 is 34.3 Å². The van der Waals surface area contributed by atoms with Crippen molar-refractivity contribution in [2.45, 2.75) is 51.4 Å². The van der Waals surface area contributed by atoms with Gasteiger partial charge in [-0.05, 0) is 74.3 Å². The summed E-state index contributed by atoms with van der Waals surface area (Å²) in [5.74, 6) is 0.243. The lowest BCUT2D eigenvalue weighted by Gasteiger charge is -2.20. The summed E-state index contributed by atoms with van der Waals surface area (Å²) in [5.41, 5.74) is 5.41. The highest BCUT2D eigenvalue weighted by atomic mass is 32.2. The number of nitrogens with one attached hydrogen (secondary N) is 2. The van der Waals surface area contributed by atoms with E-state index in [0.29, 0.717) is 16.5 Å². The molecule has 0 aromatic heterocycles. The highest BCUT2D eigenvalue weighted by Gasteiger charge is 2.28. The van der Waals surface area contributed by atoms with Crippen molar-refractivity contribution in [2.75, 3.05) is 23.1 Å². The van der Waals surface area contributed by atoms with Gasteiger partial charge >= 0.3 is 12.4 Å². The Morgan fingerprint density at radius 1 is 0.756 bits per heavy atom. The molecule has 0 unspecified atom stereocenters. The van der Waals surface area contributed by atoms with Crippen molar-refractivity contribution in [1.29, 1.82) is 0 Å². The smallest absolute Gasteiger partial charge is 0.407 e. The van der Waals surface area contributed by atoms with Crippen molar-refractivity contribution in [1.82, 2.24) is 0 Å². The summed E-state index contributed by atoms with van der Waals surface area (Å²) in [6.45, 7) is 5.60. The van der Waals surface area contributed by atoms with Gasteiger partial charge in [0.15, 0.2) is 0 Å². The summed E-state index contributed by atoms with van der Waals surface area (Å²) >= 11 is 1.42. The second kappa shape index (κ2) is 14.3. The summed E-state index contributed by atoms with van der Waals surface area (Å²) in [6, 6.07) is 23.1. The lowest BCUT2D eigenvalue weighted by Crippen LogP contribution is -2.21. The molecule has 0 saturated carbocycles. The van der Waals surface area contributed by atoms with E-state index in [2.05, 4.69) is 28.9 Å². The van der Waals surface area contributed by atoms with Crippen molar-refractivity contribution in [2.24, 2.45) is 4.99 Å². The molecule has 5 rings (SSSR count). The van der Waals surface area contributed by atoms with Crippen LogP contribution >= 0.6 is 11.9 Å². The zero-order valence-corrected chi connectivity index (χ0v) is 26.0. The van der Waals surface area contributed by atoms with E-state index < -0.39 is 25.4 Å². The first-order valence-electron chi connectivity index (χ1n) is 14.3. The maximum Gasteiger partial charge on any atom is 0.407 e. The summed E-state index contributed by atoms with van der Waals surface area (Å²) < 4.78 is 86.6. The lowest BCUT2D eigenvalue weighted by atomic mass is 9.91. The molecule has 0 spiro atoms. The molecule has 0 fully saturated rings. The number of nitrogens with zero attached hydrogens (tertiary/aromatic N) is 1. The average Bonchev–Trinajstić information content (AvgIpc) is 2.97. The van der Waals surface area contributed by atoms with Crippen molar-refractivity contribution < 1.29 is 30.8 Å². The molecular formula is C34H33F6N3OS. The van der Waals surface area contributed by atoms with Gasteiger partial charge in [-0.15, -0.1) is 0 Å². The van der Waals surface area contributed by atoms with Crippen LogP contribution in [0.4, 0.5) is 37.7 Å². The van der Waals surface area contributed by atoms with Gasteiger partial charge in [0, 0.05) is 44.8 Å². The largest absolute Gasteiger partial charge is 0.456 e. The third-order valence-corrected chi connectivity index (χ3v) is 7.21. The minimum absolute atomic E-state index is 0.0674. The van der Waals surface area contributed by atoms with Gasteiger partial charge in [-0.2, -0.15) is 26.3 Å². The summed E-state index contributed by atoms with van der Waals surface area (Å²) in [4.78, 5) is 4.63. The fourth-order valence-electron chi connectivity index (χ4n) is 4.43. The Morgan fingerprint density at radius 3 is 2.11 bits per heavy atom. The second-order valence-electron chi connectivity index (χ2n) is 10.5. The molecule has 2 N–H and O–H groups in total. The van der Waals surface area contributed by atoms with Crippen LogP contribution < -0.4 is 15.4 Å². The first kappa shape index (κ1) is 33.8. The second-order valence-corrected chi connectivity index (χ2v) is 11.4. The molecule has 1 aliphatic heterocycles. The molecule has 1 aliphatic carbocycles. The first-order chi connectivity index (χ1) is 21.3. The third kappa shape index (κ3) is 9.43. The predicted molar refractivity (Wildman–Crippen MR) is 171 cm³/mol. The van der Waals surface area contributed by atoms with E-state index in [-0.39, 0.29) is 22.4 Å². The number of alkyl halides is 6. The molecule has 0 bridgehead atoms. The molecule has 0 atom stereocenters. The molecule has 0 amide bonds.